The molecule has 0 saturated carbocycles. The number of hydrogen-bond donors (Lipinski definition) is 0. The Kier molecular flexibility index (Phi) is 1.59. The van der Waals surface area contributed by atoms with Crippen molar-refractivity contribution in [3.05, 3.63) is 42.6 Å². The van der Waals surface area contributed by atoms with Gasteiger partial charge in [-0.25, -0.2) is 4.57 Å². The lowest BCUT2D eigenvalue weighted by molar-refractivity contribution is -0.644. The van der Waals surface area contributed by atoms with E-state index < -0.39 is 0 Å². The van der Waals surface area contributed by atoms with Crippen LogP contribution in [0.4, 0.5) is 0 Å². The van der Waals surface area contributed by atoms with Crippen molar-refractivity contribution in [2.45, 2.75) is 6.54 Å². The molecule has 6 heteroatoms. The Morgan fingerprint density at radius 3 is 3.32 bits per heavy atom. The van der Waals surface area contributed by atoms with Crippen molar-refractivity contribution in [2.24, 2.45) is 0 Å². The molecule has 0 aromatic carbocycles. The highest BCUT2D eigenvalue weighted by Crippen LogP contribution is 2.34. The number of rotatable bonds is 0. The first-order valence-electron chi connectivity index (χ1n) is 6.00. The zero-order valence-corrected chi connectivity index (χ0v) is 10.6. The fourth-order valence-corrected chi connectivity index (χ4v) is 3.88. The van der Waals surface area contributed by atoms with Gasteiger partial charge in [-0.3, -0.25) is 14.4 Å². The predicted molar refractivity (Wildman–Crippen MR) is 70.9 cm³/mol. The Morgan fingerprint density at radius 1 is 1.32 bits per heavy atom. The van der Waals surface area contributed by atoms with Crippen LogP contribution in [0, 0.1) is 0 Å². The number of thiazole rings is 1. The number of hydrogen-bond acceptors (Lipinski definition) is 4. The molecule has 5 nitrogen and oxygen atoms in total. The molecule has 0 aliphatic carbocycles. The molecule has 5 rings (SSSR count). The molecule has 1 aliphatic heterocycles. The third-order valence-electron chi connectivity index (χ3n) is 3.49. The molecule has 1 aliphatic rings. The first-order chi connectivity index (χ1) is 9.42. The summed E-state index contributed by atoms with van der Waals surface area (Å²) < 4.78 is 4.33. The first kappa shape index (κ1) is 9.57. The maximum atomic E-state index is 4.68. The van der Waals surface area contributed by atoms with E-state index in [0.717, 1.165) is 23.5 Å². The van der Waals surface area contributed by atoms with E-state index in [4.69, 9.17) is 0 Å². The van der Waals surface area contributed by atoms with E-state index >= 15 is 0 Å². The van der Waals surface area contributed by atoms with E-state index in [0.29, 0.717) is 0 Å². The minimum absolute atomic E-state index is 0.808. The average molecular weight is 266 g/mol. The van der Waals surface area contributed by atoms with E-state index in [-0.39, 0.29) is 0 Å². The SMILES string of the molecule is c1cnc2c(c1)-c1sc3c(nc4cnccn43)[n+]1C2. The van der Waals surface area contributed by atoms with Crippen molar-refractivity contribution in [3.8, 4) is 10.6 Å². The lowest BCUT2D eigenvalue weighted by Crippen LogP contribution is -2.30. The van der Waals surface area contributed by atoms with Crippen LogP contribution in [0.3, 0.4) is 0 Å². The van der Waals surface area contributed by atoms with Crippen LogP contribution < -0.4 is 4.57 Å². The fraction of sp³-hybridized carbons (Fsp3) is 0.0769. The van der Waals surface area contributed by atoms with Crippen LogP contribution in [0.15, 0.2) is 36.9 Å². The Bertz CT molecular complexity index is 952. The van der Waals surface area contributed by atoms with Crippen LogP contribution in [0.5, 0.6) is 0 Å². The molecular weight excluding hydrogens is 258 g/mol. The summed E-state index contributed by atoms with van der Waals surface area (Å²) >= 11 is 1.76. The van der Waals surface area contributed by atoms with Crippen LogP contribution in [0.1, 0.15) is 5.69 Å². The number of imidazole rings is 1. The third kappa shape index (κ3) is 1.09. The van der Waals surface area contributed by atoms with Gasteiger partial charge in [-0.2, -0.15) is 0 Å². The molecule has 0 fully saturated rings. The summed E-state index contributed by atoms with van der Waals surface area (Å²) in [7, 11) is 0. The molecule has 0 bridgehead atoms. The quantitative estimate of drug-likeness (QED) is 0.400. The molecule has 4 aromatic rings. The van der Waals surface area contributed by atoms with Gasteiger partial charge in [0.25, 0.3) is 5.65 Å². The zero-order chi connectivity index (χ0) is 12.4. The summed E-state index contributed by atoms with van der Waals surface area (Å²) in [5.74, 6) is 0. The lowest BCUT2D eigenvalue weighted by atomic mass is 10.2. The molecular formula is C13H8N5S+. The molecule has 90 valence electrons. The largest absolute Gasteiger partial charge is 0.362 e. The maximum absolute atomic E-state index is 4.68. The monoisotopic (exact) mass is 266 g/mol. The number of fused-ring (bicyclic) bond motifs is 7. The maximum Gasteiger partial charge on any atom is 0.362 e. The minimum atomic E-state index is 0.808. The Morgan fingerprint density at radius 2 is 2.32 bits per heavy atom. The summed E-state index contributed by atoms with van der Waals surface area (Å²) in [5.41, 5.74) is 4.27. The summed E-state index contributed by atoms with van der Waals surface area (Å²) in [5, 5.41) is 1.24. The fourth-order valence-electron chi connectivity index (χ4n) is 2.64. The molecule has 4 aromatic heterocycles. The second-order valence-corrected chi connectivity index (χ2v) is 5.51. The number of nitrogens with zero attached hydrogens (tertiary/aromatic N) is 5. The molecule has 0 N–H and O–H groups in total. The van der Waals surface area contributed by atoms with Gasteiger partial charge in [0.05, 0.1) is 17.5 Å². The average Bonchev–Trinajstić information content (AvgIpc) is 3.07. The van der Waals surface area contributed by atoms with Crippen molar-refractivity contribution in [1.29, 1.82) is 0 Å². The van der Waals surface area contributed by atoms with E-state index in [1.807, 2.05) is 18.5 Å². The highest BCUT2D eigenvalue weighted by atomic mass is 32.1. The van der Waals surface area contributed by atoms with Crippen LogP contribution in [-0.2, 0) is 6.54 Å². The van der Waals surface area contributed by atoms with E-state index in [9.17, 15) is 0 Å². The number of aromatic nitrogens is 5. The summed E-state index contributed by atoms with van der Waals surface area (Å²) in [6, 6.07) is 4.12. The van der Waals surface area contributed by atoms with E-state index in [2.05, 4.69) is 30.0 Å². The van der Waals surface area contributed by atoms with Crippen LogP contribution >= 0.6 is 11.3 Å². The lowest BCUT2D eigenvalue weighted by Gasteiger charge is -1.91. The van der Waals surface area contributed by atoms with Gasteiger partial charge in [0, 0.05) is 18.6 Å². The van der Waals surface area contributed by atoms with Gasteiger partial charge < -0.3 is 0 Å². The highest BCUT2D eigenvalue weighted by molar-refractivity contribution is 7.20. The van der Waals surface area contributed by atoms with Crippen molar-refractivity contribution in [2.75, 3.05) is 0 Å². The Labute approximate surface area is 111 Å². The molecule has 19 heavy (non-hydrogen) atoms. The van der Waals surface area contributed by atoms with Crippen LogP contribution in [-0.4, -0.2) is 19.4 Å². The van der Waals surface area contributed by atoms with Crippen molar-refractivity contribution < 1.29 is 4.57 Å². The predicted octanol–water partition coefficient (Wildman–Crippen LogP) is 1.66. The van der Waals surface area contributed by atoms with Gasteiger partial charge in [-0.1, -0.05) is 11.3 Å². The smallest absolute Gasteiger partial charge is 0.262 e. The van der Waals surface area contributed by atoms with Crippen molar-refractivity contribution in [3.63, 3.8) is 0 Å². The van der Waals surface area contributed by atoms with Gasteiger partial charge >= 0.3 is 5.65 Å². The molecule has 0 spiro atoms. The first-order valence-corrected chi connectivity index (χ1v) is 6.82. The van der Waals surface area contributed by atoms with E-state index in [1.165, 1.54) is 15.4 Å². The van der Waals surface area contributed by atoms with Gasteiger partial charge in [0.1, 0.15) is 6.54 Å². The second-order valence-electron chi connectivity index (χ2n) is 4.54. The number of pyridine rings is 1. The molecule has 0 unspecified atom stereocenters. The molecule has 0 amide bonds. The Balaban J connectivity index is 1.93. The van der Waals surface area contributed by atoms with Crippen LogP contribution in [0.25, 0.3) is 26.7 Å². The zero-order valence-electron chi connectivity index (χ0n) is 9.82. The third-order valence-corrected chi connectivity index (χ3v) is 4.70. The highest BCUT2D eigenvalue weighted by Gasteiger charge is 2.32. The van der Waals surface area contributed by atoms with E-state index in [1.54, 1.807) is 23.7 Å². The van der Waals surface area contributed by atoms with Crippen molar-refractivity contribution in [1.82, 2.24) is 19.4 Å². The summed E-state index contributed by atoms with van der Waals surface area (Å²) in [4.78, 5) is 14.4. The van der Waals surface area contributed by atoms with Gasteiger partial charge in [0.2, 0.25) is 4.83 Å². The second kappa shape index (κ2) is 3.16. The van der Waals surface area contributed by atoms with Gasteiger partial charge in [-0.15, -0.1) is 0 Å². The Hall–Kier alpha value is -2.34. The normalized spacial score (nSPS) is 13.1. The van der Waals surface area contributed by atoms with Gasteiger partial charge in [0.15, 0.2) is 5.01 Å². The molecule has 5 heterocycles. The standard InChI is InChI=1S/C13H8N5S/c1-2-8-9(15-3-1)7-18-11-13(19-12(8)18)17-5-4-14-6-10(17)16-11/h1-6H,7H2/q+1. The molecule has 0 saturated heterocycles. The summed E-state index contributed by atoms with van der Waals surface area (Å²) in [6.45, 7) is 0.808. The van der Waals surface area contributed by atoms with Crippen molar-refractivity contribution >= 4 is 27.5 Å². The van der Waals surface area contributed by atoms with Gasteiger partial charge in [-0.05, 0) is 17.1 Å². The topological polar surface area (TPSA) is 47.0 Å². The van der Waals surface area contributed by atoms with Crippen LogP contribution in [0.2, 0.25) is 0 Å². The summed E-state index contributed by atoms with van der Waals surface area (Å²) in [6.07, 6.45) is 7.39. The minimum Gasteiger partial charge on any atom is -0.262 e. The molecule has 0 radical (unpaired) electrons. The molecule has 0 atom stereocenters.